The third-order valence-corrected chi connectivity index (χ3v) is 2.81. The maximum absolute atomic E-state index is 11.6. The first-order valence-electron chi connectivity index (χ1n) is 6.75. The van der Waals surface area contributed by atoms with E-state index < -0.39 is 0 Å². The second kappa shape index (κ2) is 7.21. The molecular weight excluding hydrogens is 226 g/mol. The highest BCUT2D eigenvalue weighted by atomic mass is 16.2. The Morgan fingerprint density at radius 1 is 1.39 bits per heavy atom. The molecule has 0 saturated carbocycles. The van der Waals surface area contributed by atoms with Crippen LogP contribution >= 0.6 is 0 Å². The monoisotopic (exact) mass is 251 g/mol. The smallest absolute Gasteiger partial charge is 0.240 e. The van der Waals surface area contributed by atoms with Crippen LogP contribution < -0.4 is 10.6 Å². The van der Waals surface area contributed by atoms with Crippen molar-refractivity contribution in [3.63, 3.8) is 0 Å². The molecule has 1 aromatic heterocycles. The highest BCUT2D eigenvalue weighted by Gasteiger charge is 2.10. The van der Waals surface area contributed by atoms with Crippen LogP contribution in [-0.2, 0) is 11.3 Å². The zero-order chi connectivity index (χ0) is 13.5. The summed E-state index contributed by atoms with van der Waals surface area (Å²) in [6, 6.07) is 2.65. The topological polar surface area (TPSA) is 46.1 Å². The van der Waals surface area contributed by atoms with Gasteiger partial charge in [-0.3, -0.25) is 4.79 Å². The minimum Gasteiger partial charge on any atom is -0.352 e. The fourth-order valence-corrected chi connectivity index (χ4v) is 2.04. The minimum absolute atomic E-state index is 0.0589. The summed E-state index contributed by atoms with van der Waals surface area (Å²) >= 11 is 0. The zero-order valence-electron chi connectivity index (χ0n) is 11.9. The summed E-state index contributed by atoms with van der Waals surface area (Å²) in [6.45, 7) is 9.55. The Bertz CT molecular complexity index is 371. The van der Waals surface area contributed by atoms with Gasteiger partial charge in [0.05, 0.1) is 0 Å². The summed E-state index contributed by atoms with van der Waals surface area (Å²) < 4.78 is 1.94. The van der Waals surface area contributed by atoms with Crippen LogP contribution in [0, 0.1) is 0 Å². The molecule has 0 fully saturated rings. The molecule has 0 aromatic carbocycles. The lowest BCUT2D eigenvalue weighted by Gasteiger charge is -2.14. The van der Waals surface area contributed by atoms with Crippen LogP contribution in [0.25, 0.3) is 0 Å². The Labute approximate surface area is 110 Å². The maximum atomic E-state index is 11.6. The largest absolute Gasteiger partial charge is 0.352 e. The Hall–Kier alpha value is -1.29. The van der Waals surface area contributed by atoms with E-state index in [0.29, 0.717) is 12.6 Å². The Morgan fingerprint density at radius 2 is 2.11 bits per heavy atom. The number of amides is 1. The summed E-state index contributed by atoms with van der Waals surface area (Å²) in [4.78, 5) is 11.6. The van der Waals surface area contributed by atoms with Crippen LogP contribution in [0.5, 0.6) is 0 Å². The van der Waals surface area contributed by atoms with Gasteiger partial charge in [0.15, 0.2) is 0 Å². The number of aromatic nitrogens is 1. The van der Waals surface area contributed by atoms with E-state index in [1.165, 1.54) is 5.56 Å². The van der Waals surface area contributed by atoms with Crippen LogP contribution in [-0.4, -0.2) is 23.1 Å². The van der Waals surface area contributed by atoms with E-state index >= 15 is 0 Å². The highest BCUT2D eigenvalue weighted by molar-refractivity contribution is 5.75. The number of nitrogens with zero attached hydrogens (tertiary/aromatic N) is 1. The molecule has 1 heterocycles. The van der Waals surface area contributed by atoms with Crippen LogP contribution in [0.4, 0.5) is 0 Å². The standard InChI is InChI=1S/C14H25N3O/c1-5-13(15-6-2)12-7-8-17(9-12)10-14(18)16-11(3)4/h7-9,11,13,15H,5-6,10H2,1-4H3,(H,16,18). The van der Waals surface area contributed by atoms with Crippen molar-refractivity contribution in [1.29, 1.82) is 0 Å². The number of hydrogen-bond donors (Lipinski definition) is 2. The maximum Gasteiger partial charge on any atom is 0.240 e. The predicted molar refractivity (Wildman–Crippen MR) is 74.4 cm³/mol. The first kappa shape index (κ1) is 14.8. The van der Waals surface area contributed by atoms with Crippen molar-refractivity contribution in [3.8, 4) is 0 Å². The van der Waals surface area contributed by atoms with Crippen molar-refractivity contribution in [2.75, 3.05) is 6.54 Å². The molecule has 0 saturated heterocycles. The Morgan fingerprint density at radius 3 is 2.67 bits per heavy atom. The molecule has 0 bridgehead atoms. The molecule has 1 aromatic rings. The first-order valence-corrected chi connectivity index (χ1v) is 6.75. The molecule has 2 N–H and O–H groups in total. The number of nitrogens with one attached hydrogen (secondary N) is 2. The molecule has 1 atom stereocenters. The molecule has 4 heteroatoms. The fraction of sp³-hybridized carbons (Fsp3) is 0.643. The quantitative estimate of drug-likeness (QED) is 0.779. The Balaban J connectivity index is 2.59. The number of rotatable bonds is 7. The second-order valence-electron chi connectivity index (χ2n) is 4.86. The molecular formula is C14H25N3O. The number of carbonyl (C=O) groups excluding carboxylic acids is 1. The summed E-state index contributed by atoms with van der Waals surface area (Å²) in [5, 5.41) is 6.33. The molecule has 1 amide bonds. The fourth-order valence-electron chi connectivity index (χ4n) is 2.04. The molecule has 0 radical (unpaired) electrons. The minimum atomic E-state index is 0.0589. The van der Waals surface area contributed by atoms with E-state index in [9.17, 15) is 4.79 Å². The molecule has 1 rings (SSSR count). The SMILES string of the molecule is CCNC(CC)c1ccn(CC(=O)NC(C)C)c1. The third-order valence-electron chi connectivity index (χ3n) is 2.81. The van der Waals surface area contributed by atoms with E-state index in [4.69, 9.17) is 0 Å². The average molecular weight is 251 g/mol. The lowest BCUT2D eigenvalue weighted by atomic mass is 10.1. The van der Waals surface area contributed by atoms with Crippen molar-refractivity contribution in [2.24, 2.45) is 0 Å². The van der Waals surface area contributed by atoms with Gasteiger partial charge in [-0.05, 0) is 38.4 Å². The predicted octanol–water partition coefficient (Wildman–Crippen LogP) is 2.07. The van der Waals surface area contributed by atoms with Gasteiger partial charge in [0, 0.05) is 24.5 Å². The van der Waals surface area contributed by atoms with Crippen LogP contribution in [0.3, 0.4) is 0 Å². The normalized spacial score (nSPS) is 12.7. The van der Waals surface area contributed by atoms with Gasteiger partial charge in [-0.25, -0.2) is 0 Å². The van der Waals surface area contributed by atoms with Crippen molar-refractivity contribution in [1.82, 2.24) is 15.2 Å². The van der Waals surface area contributed by atoms with Crippen molar-refractivity contribution in [2.45, 2.75) is 52.7 Å². The summed E-state index contributed by atoms with van der Waals surface area (Å²) in [5.74, 6) is 0.0589. The molecule has 4 nitrogen and oxygen atoms in total. The molecule has 1 unspecified atom stereocenters. The van der Waals surface area contributed by atoms with Crippen molar-refractivity contribution >= 4 is 5.91 Å². The number of carbonyl (C=O) groups is 1. The second-order valence-corrected chi connectivity index (χ2v) is 4.86. The zero-order valence-corrected chi connectivity index (χ0v) is 11.9. The summed E-state index contributed by atoms with van der Waals surface area (Å²) in [6.07, 6.45) is 5.07. The lowest BCUT2D eigenvalue weighted by Crippen LogP contribution is -2.32. The van der Waals surface area contributed by atoms with E-state index in [-0.39, 0.29) is 11.9 Å². The van der Waals surface area contributed by atoms with Gasteiger partial charge in [-0.15, -0.1) is 0 Å². The highest BCUT2D eigenvalue weighted by Crippen LogP contribution is 2.16. The first-order chi connectivity index (χ1) is 8.56. The lowest BCUT2D eigenvalue weighted by molar-refractivity contribution is -0.122. The van der Waals surface area contributed by atoms with E-state index in [1.54, 1.807) is 0 Å². The Kier molecular flexibility index (Phi) is 5.92. The van der Waals surface area contributed by atoms with Gasteiger partial charge in [0.2, 0.25) is 5.91 Å². The van der Waals surface area contributed by atoms with Gasteiger partial charge >= 0.3 is 0 Å². The van der Waals surface area contributed by atoms with Gasteiger partial charge in [0.1, 0.15) is 6.54 Å². The molecule has 18 heavy (non-hydrogen) atoms. The van der Waals surface area contributed by atoms with Gasteiger partial charge in [-0.2, -0.15) is 0 Å². The molecule has 0 aliphatic carbocycles. The third kappa shape index (κ3) is 4.53. The van der Waals surface area contributed by atoms with Gasteiger partial charge in [0.25, 0.3) is 0 Å². The van der Waals surface area contributed by atoms with Crippen molar-refractivity contribution < 1.29 is 4.79 Å². The van der Waals surface area contributed by atoms with E-state index in [2.05, 4.69) is 36.7 Å². The van der Waals surface area contributed by atoms with Crippen LogP contribution in [0.15, 0.2) is 18.5 Å². The van der Waals surface area contributed by atoms with E-state index in [1.807, 2.05) is 24.6 Å². The van der Waals surface area contributed by atoms with Crippen LogP contribution in [0.2, 0.25) is 0 Å². The molecule has 0 spiro atoms. The average Bonchev–Trinajstić information content (AvgIpc) is 2.72. The summed E-state index contributed by atoms with van der Waals surface area (Å²) in [5.41, 5.74) is 1.25. The molecule has 0 aliphatic rings. The summed E-state index contributed by atoms with van der Waals surface area (Å²) in [7, 11) is 0. The van der Waals surface area contributed by atoms with E-state index in [0.717, 1.165) is 13.0 Å². The van der Waals surface area contributed by atoms with Crippen molar-refractivity contribution in [3.05, 3.63) is 24.0 Å². The number of hydrogen-bond acceptors (Lipinski definition) is 2. The van der Waals surface area contributed by atoms with Gasteiger partial charge < -0.3 is 15.2 Å². The van der Waals surface area contributed by atoms with Crippen LogP contribution in [0.1, 0.15) is 45.7 Å². The molecule has 102 valence electrons. The molecule has 0 aliphatic heterocycles. The van der Waals surface area contributed by atoms with Gasteiger partial charge in [-0.1, -0.05) is 13.8 Å².